The molecule has 1 atom stereocenters. The summed E-state index contributed by atoms with van der Waals surface area (Å²) in [6, 6.07) is 0. The first kappa shape index (κ1) is 15.6. The molecule has 2 aromatic heterocycles. The van der Waals surface area contributed by atoms with Crippen LogP contribution in [0.3, 0.4) is 0 Å². The summed E-state index contributed by atoms with van der Waals surface area (Å²) in [4.78, 5) is 22.4. The molecule has 1 amide bonds. The van der Waals surface area contributed by atoms with E-state index in [0.29, 0.717) is 24.4 Å². The van der Waals surface area contributed by atoms with Gasteiger partial charge < -0.3 is 0 Å². The summed E-state index contributed by atoms with van der Waals surface area (Å²) in [5.41, 5.74) is 1.09. The molecule has 0 aromatic carbocycles. The van der Waals surface area contributed by atoms with Gasteiger partial charge in [0.1, 0.15) is 16.3 Å². The summed E-state index contributed by atoms with van der Waals surface area (Å²) in [6.45, 7) is 0. The Morgan fingerprint density at radius 2 is 2.18 bits per heavy atom. The molecule has 0 saturated heterocycles. The maximum atomic E-state index is 12.3. The van der Waals surface area contributed by atoms with Gasteiger partial charge in [-0.3, -0.25) is 4.79 Å². The third kappa shape index (κ3) is 2.59. The van der Waals surface area contributed by atoms with Crippen LogP contribution in [0.25, 0.3) is 10.2 Å². The molecule has 9 heteroatoms. The van der Waals surface area contributed by atoms with Crippen LogP contribution >= 0.6 is 22.9 Å². The molecule has 0 saturated carbocycles. The molecule has 3 rings (SSSR count). The number of nitrogens with zero attached hydrogens (tertiary/aromatic N) is 3. The Morgan fingerprint density at radius 3 is 2.86 bits per heavy atom. The lowest BCUT2D eigenvalue weighted by Gasteiger charge is -2.25. The maximum absolute atomic E-state index is 12.3. The number of aryl methyl sites for hydroxylation is 1. The van der Waals surface area contributed by atoms with Gasteiger partial charge in [0.05, 0.1) is 11.6 Å². The summed E-state index contributed by atoms with van der Waals surface area (Å²) in [7, 11) is -2.21. The van der Waals surface area contributed by atoms with Crippen LogP contribution < -0.4 is 0 Å². The zero-order chi connectivity index (χ0) is 16.1. The lowest BCUT2D eigenvalue weighted by atomic mass is 9.87. The molecule has 118 valence electrons. The zero-order valence-corrected chi connectivity index (χ0v) is 14.4. The minimum atomic E-state index is -3.52. The van der Waals surface area contributed by atoms with Gasteiger partial charge in [-0.05, 0) is 24.8 Å². The van der Waals surface area contributed by atoms with Crippen LogP contribution in [-0.4, -0.2) is 41.9 Å². The van der Waals surface area contributed by atoms with Crippen LogP contribution in [0.4, 0.5) is 0 Å². The summed E-state index contributed by atoms with van der Waals surface area (Å²) < 4.78 is 23.9. The quantitative estimate of drug-likeness (QED) is 0.765. The molecule has 0 spiro atoms. The summed E-state index contributed by atoms with van der Waals surface area (Å²) in [5, 5.41) is 1.30. The first-order valence-electron chi connectivity index (χ1n) is 6.67. The monoisotopic (exact) mass is 359 g/mol. The molecule has 0 N–H and O–H groups in total. The summed E-state index contributed by atoms with van der Waals surface area (Å²) in [5.74, 6) is -0.685. The molecule has 0 aliphatic heterocycles. The van der Waals surface area contributed by atoms with Crippen molar-refractivity contribution < 1.29 is 13.2 Å². The van der Waals surface area contributed by atoms with Crippen molar-refractivity contribution in [1.82, 2.24) is 14.3 Å². The molecule has 2 aromatic rings. The second kappa shape index (κ2) is 5.43. The van der Waals surface area contributed by atoms with E-state index in [2.05, 4.69) is 9.97 Å². The molecule has 0 radical (unpaired) electrons. The molecule has 1 aliphatic carbocycles. The highest BCUT2D eigenvalue weighted by atomic mass is 35.5. The molecule has 0 bridgehead atoms. The third-order valence-corrected chi connectivity index (χ3v) is 6.58. The van der Waals surface area contributed by atoms with Crippen LogP contribution in [0.2, 0.25) is 5.15 Å². The number of hydrogen-bond donors (Lipinski definition) is 0. The molecular weight excluding hydrogens is 346 g/mol. The summed E-state index contributed by atoms with van der Waals surface area (Å²) >= 11 is 7.64. The number of fused-ring (bicyclic) bond motifs is 3. The fourth-order valence-electron chi connectivity index (χ4n) is 2.70. The van der Waals surface area contributed by atoms with E-state index in [-0.39, 0.29) is 11.8 Å². The van der Waals surface area contributed by atoms with E-state index >= 15 is 0 Å². The number of hydrogen-bond acceptors (Lipinski definition) is 6. The topological polar surface area (TPSA) is 80.2 Å². The minimum absolute atomic E-state index is 0.327. The fourth-order valence-corrected chi connectivity index (χ4v) is 4.75. The predicted octanol–water partition coefficient (Wildman–Crippen LogP) is 1.87. The number of thiophene rings is 1. The first-order chi connectivity index (χ1) is 10.3. The molecule has 2 heterocycles. The van der Waals surface area contributed by atoms with E-state index in [1.807, 2.05) is 0 Å². The van der Waals surface area contributed by atoms with Gasteiger partial charge in [-0.25, -0.2) is 22.7 Å². The van der Waals surface area contributed by atoms with Crippen molar-refractivity contribution in [1.29, 1.82) is 0 Å². The van der Waals surface area contributed by atoms with Gasteiger partial charge in [0.15, 0.2) is 0 Å². The molecular formula is C13H14ClN3O3S2. The highest BCUT2D eigenvalue weighted by Gasteiger charge is 2.32. The van der Waals surface area contributed by atoms with Gasteiger partial charge in [0, 0.05) is 17.8 Å². The third-order valence-electron chi connectivity index (χ3n) is 3.96. The van der Waals surface area contributed by atoms with E-state index in [4.69, 9.17) is 11.6 Å². The van der Waals surface area contributed by atoms with Crippen molar-refractivity contribution in [3.8, 4) is 0 Å². The van der Waals surface area contributed by atoms with Crippen molar-refractivity contribution in [2.24, 2.45) is 5.92 Å². The van der Waals surface area contributed by atoms with Gasteiger partial charge in [-0.1, -0.05) is 11.6 Å². The van der Waals surface area contributed by atoms with Gasteiger partial charge in [0.2, 0.25) is 15.9 Å². The van der Waals surface area contributed by atoms with E-state index in [1.54, 1.807) is 0 Å². The van der Waals surface area contributed by atoms with Gasteiger partial charge in [-0.15, -0.1) is 11.3 Å². The van der Waals surface area contributed by atoms with Crippen LogP contribution in [0.5, 0.6) is 0 Å². The molecule has 6 nitrogen and oxygen atoms in total. The van der Waals surface area contributed by atoms with Crippen molar-refractivity contribution in [2.45, 2.75) is 19.3 Å². The highest BCUT2D eigenvalue weighted by Crippen LogP contribution is 2.39. The van der Waals surface area contributed by atoms with Crippen LogP contribution in [0.15, 0.2) is 6.33 Å². The number of aromatic nitrogens is 2. The minimum Gasteiger partial charge on any atom is -0.273 e. The molecule has 0 unspecified atom stereocenters. The van der Waals surface area contributed by atoms with Crippen molar-refractivity contribution in [2.75, 3.05) is 13.3 Å². The number of carbonyl (C=O) groups excluding carboxylic acids is 1. The Bertz CT molecular complexity index is 863. The van der Waals surface area contributed by atoms with E-state index in [9.17, 15) is 13.2 Å². The van der Waals surface area contributed by atoms with Gasteiger partial charge in [-0.2, -0.15) is 0 Å². The van der Waals surface area contributed by atoms with E-state index in [1.165, 1.54) is 24.7 Å². The van der Waals surface area contributed by atoms with Crippen molar-refractivity contribution in [3.05, 3.63) is 21.9 Å². The predicted molar refractivity (Wildman–Crippen MR) is 85.6 cm³/mol. The Morgan fingerprint density at radius 1 is 1.45 bits per heavy atom. The first-order valence-corrected chi connectivity index (χ1v) is 9.71. The Labute approximate surface area is 137 Å². The van der Waals surface area contributed by atoms with E-state index < -0.39 is 10.0 Å². The normalized spacial score (nSPS) is 18.2. The largest absolute Gasteiger partial charge is 0.273 e. The molecule has 0 fully saturated rings. The van der Waals surface area contributed by atoms with E-state index in [0.717, 1.165) is 31.2 Å². The number of carbonyl (C=O) groups is 1. The fraction of sp³-hybridized carbons (Fsp3) is 0.462. The second-order valence-corrected chi connectivity index (χ2v) is 8.81. The SMILES string of the molecule is CN(C(=O)[C@H]1CCc2c(sc3ncnc(Cl)c23)C1)S(C)(=O)=O. The zero-order valence-electron chi connectivity index (χ0n) is 12.0. The smallest absolute Gasteiger partial charge is 0.239 e. The Hall–Kier alpha value is -1.25. The average molecular weight is 360 g/mol. The Kier molecular flexibility index (Phi) is 3.86. The summed E-state index contributed by atoms with van der Waals surface area (Å²) in [6.07, 6.45) is 4.26. The molecule has 1 aliphatic rings. The van der Waals surface area contributed by atoms with Crippen LogP contribution in [0.1, 0.15) is 16.9 Å². The number of rotatable bonds is 2. The van der Waals surface area contributed by atoms with Gasteiger partial charge in [0.25, 0.3) is 0 Å². The lowest BCUT2D eigenvalue weighted by Crippen LogP contribution is -2.38. The van der Waals surface area contributed by atoms with Gasteiger partial charge >= 0.3 is 0 Å². The maximum Gasteiger partial charge on any atom is 0.239 e. The standard InChI is InChI=1S/C13H14ClN3O3S2/c1-17(22(2,19)20)13(18)7-3-4-8-9(5-7)21-12-10(8)11(14)15-6-16-12/h6-7H,3-5H2,1-2H3/t7-/m0/s1. The average Bonchev–Trinajstić information content (AvgIpc) is 2.83. The number of amides is 1. The second-order valence-electron chi connectivity index (χ2n) is 5.36. The van der Waals surface area contributed by atoms with Crippen molar-refractivity contribution in [3.63, 3.8) is 0 Å². The molecule has 22 heavy (non-hydrogen) atoms. The lowest BCUT2D eigenvalue weighted by molar-refractivity contribution is -0.130. The van der Waals surface area contributed by atoms with Crippen LogP contribution in [-0.2, 0) is 27.7 Å². The Balaban J connectivity index is 1.93. The number of sulfonamides is 1. The highest BCUT2D eigenvalue weighted by molar-refractivity contribution is 7.88. The van der Waals surface area contributed by atoms with Crippen LogP contribution in [0, 0.1) is 5.92 Å². The number of halogens is 1. The van der Waals surface area contributed by atoms with Crippen molar-refractivity contribution >= 4 is 49.1 Å².